The zero-order valence-electron chi connectivity index (χ0n) is 15.6. The number of pyridine rings is 1. The number of benzene rings is 1. The Kier molecular flexibility index (Phi) is 4.17. The first kappa shape index (κ1) is 16.5. The molecule has 0 amide bonds. The molecule has 1 saturated heterocycles. The van der Waals surface area contributed by atoms with Gasteiger partial charge >= 0.3 is 0 Å². The molecule has 2 aliphatic heterocycles. The highest BCUT2D eigenvalue weighted by Gasteiger charge is 2.37. The summed E-state index contributed by atoms with van der Waals surface area (Å²) >= 11 is 0. The maximum Gasteiger partial charge on any atom is 0.118 e. The third kappa shape index (κ3) is 3.12. The lowest BCUT2D eigenvalue weighted by molar-refractivity contribution is 0.307. The molecule has 0 radical (unpaired) electrons. The molecule has 0 bridgehead atoms. The number of ether oxygens (including phenoxy) is 1. The van der Waals surface area contributed by atoms with Crippen molar-refractivity contribution >= 4 is 0 Å². The van der Waals surface area contributed by atoms with Crippen molar-refractivity contribution in [3.63, 3.8) is 0 Å². The summed E-state index contributed by atoms with van der Waals surface area (Å²) in [6, 6.07) is 12.5. The molecule has 2 aliphatic rings. The van der Waals surface area contributed by atoms with Crippen LogP contribution in [0.3, 0.4) is 0 Å². The summed E-state index contributed by atoms with van der Waals surface area (Å²) in [5.74, 6) is 3.52. The first-order valence-corrected chi connectivity index (χ1v) is 9.60. The zero-order valence-corrected chi connectivity index (χ0v) is 15.6. The van der Waals surface area contributed by atoms with E-state index in [0.29, 0.717) is 11.8 Å². The largest absolute Gasteiger partial charge is 0.497 e. The van der Waals surface area contributed by atoms with Crippen molar-refractivity contribution in [2.75, 3.05) is 20.2 Å². The summed E-state index contributed by atoms with van der Waals surface area (Å²) in [7, 11) is 1.70. The van der Waals surface area contributed by atoms with Crippen LogP contribution in [0.5, 0.6) is 5.75 Å². The van der Waals surface area contributed by atoms with E-state index in [-0.39, 0.29) is 0 Å². The van der Waals surface area contributed by atoms with E-state index in [2.05, 4.69) is 32.7 Å². The second-order valence-electron chi connectivity index (χ2n) is 7.68. The molecule has 0 aliphatic carbocycles. The van der Waals surface area contributed by atoms with Gasteiger partial charge in [-0.15, -0.1) is 0 Å². The molecule has 4 heterocycles. The molecule has 1 fully saturated rings. The van der Waals surface area contributed by atoms with Crippen LogP contribution in [0.1, 0.15) is 11.4 Å². The highest BCUT2D eigenvalue weighted by molar-refractivity contribution is 5.60. The highest BCUT2D eigenvalue weighted by atomic mass is 16.5. The Hall–Kier alpha value is -2.66. The number of rotatable bonds is 4. The van der Waals surface area contributed by atoms with Gasteiger partial charge in [-0.05, 0) is 47.7 Å². The van der Waals surface area contributed by atoms with Gasteiger partial charge in [0.1, 0.15) is 11.6 Å². The lowest BCUT2D eigenvalue weighted by Gasteiger charge is -2.27. The number of imidazole rings is 1. The minimum atomic E-state index is 0.695. The van der Waals surface area contributed by atoms with E-state index >= 15 is 0 Å². The normalized spacial score (nSPS) is 21.7. The quantitative estimate of drug-likeness (QED) is 0.716. The molecule has 1 aromatic carbocycles. The Balaban J connectivity index is 1.33. The van der Waals surface area contributed by atoms with E-state index < -0.39 is 0 Å². The molecule has 3 aromatic rings. The molecule has 138 valence electrons. The lowest BCUT2D eigenvalue weighted by atomic mass is 9.89. The standard InChI is InChI=1S/C22H24N4O/c1-27-20-6-4-17(5-7-20)21-11-24-22-9-18-13-25(14-19(18)15-26(21)22)12-16-3-2-8-23-10-16/h2-8,10-11,18-19H,9,12-15H2,1H3/t18-,19+/m1/s1. The van der Waals surface area contributed by atoms with Crippen LogP contribution in [0, 0.1) is 11.8 Å². The number of methoxy groups -OCH3 is 1. The van der Waals surface area contributed by atoms with Crippen molar-refractivity contribution in [2.24, 2.45) is 11.8 Å². The average Bonchev–Trinajstić information content (AvgIpc) is 3.29. The topological polar surface area (TPSA) is 43.2 Å². The maximum atomic E-state index is 5.28. The van der Waals surface area contributed by atoms with Gasteiger partial charge in [0.05, 0.1) is 19.0 Å². The fourth-order valence-corrected chi connectivity index (χ4v) is 4.59. The van der Waals surface area contributed by atoms with Gasteiger partial charge in [-0.3, -0.25) is 9.88 Å². The number of likely N-dealkylation sites (tertiary alicyclic amines) is 1. The Bertz CT molecular complexity index is 919. The highest BCUT2D eigenvalue weighted by Crippen LogP contribution is 2.36. The van der Waals surface area contributed by atoms with Crippen LogP contribution < -0.4 is 4.74 Å². The van der Waals surface area contributed by atoms with Crippen LogP contribution in [-0.2, 0) is 19.5 Å². The van der Waals surface area contributed by atoms with Gasteiger partial charge in [0, 0.05) is 50.6 Å². The van der Waals surface area contributed by atoms with Crippen LogP contribution in [0.15, 0.2) is 55.0 Å². The average molecular weight is 360 g/mol. The van der Waals surface area contributed by atoms with Crippen LogP contribution in [0.2, 0.25) is 0 Å². The zero-order chi connectivity index (χ0) is 18.2. The van der Waals surface area contributed by atoms with Gasteiger partial charge in [-0.2, -0.15) is 0 Å². The molecule has 5 nitrogen and oxygen atoms in total. The molecular weight excluding hydrogens is 336 g/mol. The van der Waals surface area contributed by atoms with Crippen LogP contribution in [0.25, 0.3) is 11.3 Å². The van der Waals surface area contributed by atoms with Crippen molar-refractivity contribution in [2.45, 2.75) is 19.5 Å². The van der Waals surface area contributed by atoms with Crippen LogP contribution in [-0.4, -0.2) is 39.6 Å². The van der Waals surface area contributed by atoms with E-state index in [1.807, 2.05) is 36.8 Å². The van der Waals surface area contributed by atoms with Gasteiger partial charge in [0.2, 0.25) is 0 Å². The third-order valence-electron chi connectivity index (χ3n) is 5.97. The van der Waals surface area contributed by atoms with E-state index in [4.69, 9.17) is 9.72 Å². The monoisotopic (exact) mass is 360 g/mol. The lowest BCUT2D eigenvalue weighted by Crippen LogP contribution is -2.28. The molecule has 2 atom stereocenters. The minimum absolute atomic E-state index is 0.695. The Morgan fingerprint density at radius 2 is 1.89 bits per heavy atom. The Morgan fingerprint density at radius 1 is 1.04 bits per heavy atom. The van der Waals surface area contributed by atoms with Crippen molar-refractivity contribution < 1.29 is 4.74 Å². The van der Waals surface area contributed by atoms with Gasteiger partial charge in [0.25, 0.3) is 0 Å². The van der Waals surface area contributed by atoms with Crippen LogP contribution >= 0.6 is 0 Å². The van der Waals surface area contributed by atoms with Gasteiger partial charge in [0.15, 0.2) is 0 Å². The Morgan fingerprint density at radius 3 is 2.67 bits per heavy atom. The number of nitrogens with zero attached hydrogens (tertiary/aromatic N) is 4. The number of aromatic nitrogens is 3. The fourth-order valence-electron chi connectivity index (χ4n) is 4.59. The number of hydrogen-bond acceptors (Lipinski definition) is 4. The van der Waals surface area contributed by atoms with E-state index in [9.17, 15) is 0 Å². The first-order valence-electron chi connectivity index (χ1n) is 9.60. The van der Waals surface area contributed by atoms with E-state index in [1.54, 1.807) is 7.11 Å². The van der Waals surface area contributed by atoms with E-state index in [1.165, 1.54) is 22.6 Å². The second kappa shape index (κ2) is 6.82. The predicted molar refractivity (Wildman–Crippen MR) is 104 cm³/mol. The summed E-state index contributed by atoms with van der Waals surface area (Å²) in [6.45, 7) is 4.36. The number of fused-ring (bicyclic) bond motifs is 2. The predicted octanol–water partition coefficient (Wildman–Crippen LogP) is 3.26. The van der Waals surface area contributed by atoms with Crippen LogP contribution in [0.4, 0.5) is 0 Å². The summed E-state index contributed by atoms with van der Waals surface area (Å²) in [6.07, 6.45) is 6.93. The molecule has 0 spiro atoms. The first-order chi connectivity index (χ1) is 13.3. The summed E-state index contributed by atoms with van der Waals surface area (Å²) in [5, 5.41) is 0. The number of hydrogen-bond donors (Lipinski definition) is 0. The van der Waals surface area contributed by atoms with Crippen molar-refractivity contribution in [3.05, 3.63) is 66.4 Å². The SMILES string of the molecule is COc1ccc(-c2cnc3n2C[C@@H]2CN(Cc4cccnc4)C[C@H]2C3)cc1. The molecular formula is C22H24N4O. The van der Waals surface area contributed by atoms with Crippen molar-refractivity contribution in [3.8, 4) is 17.0 Å². The molecule has 2 aromatic heterocycles. The Labute approximate surface area is 159 Å². The summed E-state index contributed by atoms with van der Waals surface area (Å²) < 4.78 is 7.71. The minimum Gasteiger partial charge on any atom is -0.497 e. The molecule has 27 heavy (non-hydrogen) atoms. The van der Waals surface area contributed by atoms with Gasteiger partial charge in [-0.25, -0.2) is 4.98 Å². The van der Waals surface area contributed by atoms with Gasteiger partial charge < -0.3 is 9.30 Å². The molecule has 0 unspecified atom stereocenters. The third-order valence-corrected chi connectivity index (χ3v) is 5.97. The fraction of sp³-hybridized carbons (Fsp3) is 0.364. The smallest absolute Gasteiger partial charge is 0.118 e. The molecule has 5 heteroatoms. The van der Waals surface area contributed by atoms with E-state index in [0.717, 1.165) is 38.3 Å². The summed E-state index contributed by atoms with van der Waals surface area (Å²) in [4.78, 5) is 11.6. The molecule has 0 N–H and O–H groups in total. The summed E-state index contributed by atoms with van der Waals surface area (Å²) in [5.41, 5.74) is 3.72. The molecule has 5 rings (SSSR count). The second-order valence-corrected chi connectivity index (χ2v) is 7.68. The van der Waals surface area contributed by atoms with Gasteiger partial charge in [-0.1, -0.05) is 6.07 Å². The maximum absolute atomic E-state index is 5.28. The molecule has 0 saturated carbocycles. The van der Waals surface area contributed by atoms with Crippen molar-refractivity contribution in [1.29, 1.82) is 0 Å². The van der Waals surface area contributed by atoms with Crippen molar-refractivity contribution in [1.82, 2.24) is 19.4 Å².